The highest BCUT2D eigenvalue weighted by molar-refractivity contribution is 9.10. The third-order valence-corrected chi connectivity index (χ3v) is 5.57. The molecule has 0 aliphatic heterocycles. The normalized spacial score (nSPS) is 11.1. The summed E-state index contributed by atoms with van der Waals surface area (Å²) in [6.45, 7) is 4.22. The predicted octanol–water partition coefficient (Wildman–Crippen LogP) is 7.11. The third kappa shape index (κ3) is 3.31. The summed E-state index contributed by atoms with van der Waals surface area (Å²) >= 11 is 7.01. The van der Waals surface area contributed by atoms with E-state index < -0.39 is 0 Å². The van der Waals surface area contributed by atoms with Crippen molar-refractivity contribution < 1.29 is 0 Å². The van der Waals surface area contributed by atoms with Crippen LogP contribution in [0.3, 0.4) is 0 Å². The maximum atomic E-state index is 4.99. The Morgan fingerprint density at radius 2 is 0.923 bits per heavy atom. The van der Waals surface area contributed by atoms with Crippen molar-refractivity contribution in [1.29, 1.82) is 0 Å². The van der Waals surface area contributed by atoms with Crippen LogP contribution in [0.25, 0.3) is 33.5 Å². The summed E-state index contributed by atoms with van der Waals surface area (Å²) in [6.07, 6.45) is 0. The van der Waals surface area contributed by atoms with Crippen LogP contribution >= 0.6 is 31.9 Å². The molecule has 0 spiro atoms. The van der Waals surface area contributed by atoms with Crippen molar-refractivity contribution in [2.75, 3.05) is 0 Å². The number of fused-ring (bicyclic) bond motifs is 1. The molecule has 128 valence electrons. The zero-order chi connectivity index (χ0) is 18.3. The van der Waals surface area contributed by atoms with Gasteiger partial charge in [-0.25, -0.2) is 9.97 Å². The Balaban J connectivity index is 2.02. The van der Waals surface area contributed by atoms with Crippen molar-refractivity contribution >= 4 is 42.9 Å². The molecule has 2 nitrogen and oxygen atoms in total. The fourth-order valence-corrected chi connectivity index (χ4v) is 3.46. The number of benzene rings is 3. The number of aryl methyl sites for hydroxylation is 2. The number of hydrogen-bond donors (Lipinski definition) is 0. The fraction of sp³-hybridized carbons (Fsp3) is 0.0909. The molecular weight excluding hydrogens is 452 g/mol. The van der Waals surface area contributed by atoms with E-state index in [-0.39, 0.29) is 0 Å². The first-order chi connectivity index (χ1) is 12.5. The van der Waals surface area contributed by atoms with Crippen LogP contribution in [0, 0.1) is 13.8 Å². The summed E-state index contributed by atoms with van der Waals surface area (Å²) in [4.78, 5) is 9.97. The second-order valence-electron chi connectivity index (χ2n) is 6.36. The lowest BCUT2D eigenvalue weighted by molar-refractivity contribution is 1.26. The molecule has 0 bridgehead atoms. The van der Waals surface area contributed by atoms with Crippen LogP contribution in [0.1, 0.15) is 11.1 Å². The molecule has 0 saturated carbocycles. The second-order valence-corrected chi connectivity index (χ2v) is 8.19. The van der Waals surface area contributed by atoms with Crippen LogP contribution in [0.2, 0.25) is 0 Å². The Labute approximate surface area is 169 Å². The van der Waals surface area contributed by atoms with Crippen molar-refractivity contribution in [3.8, 4) is 22.5 Å². The van der Waals surface area contributed by atoms with Crippen LogP contribution in [0.5, 0.6) is 0 Å². The first kappa shape index (κ1) is 17.4. The van der Waals surface area contributed by atoms with E-state index in [0.717, 1.165) is 42.5 Å². The lowest BCUT2D eigenvalue weighted by Gasteiger charge is -2.12. The SMILES string of the molecule is Cc1cc2nc(-c3ccc(Br)cc3)c(-c3ccc(Br)cc3)nc2cc1C. The lowest BCUT2D eigenvalue weighted by Crippen LogP contribution is -1.97. The van der Waals surface area contributed by atoms with Gasteiger partial charge in [-0.05, 0) is 61.4 Å². The average Bonchev–Trinajstić information content (AvgIpc) is 2.63. The van der Waals surface area contributed by atoms with Crippen molar-refractivity contribution in [2.45, 2.75) is 13.8 Å². The van der Waals surface area contributed by atoms with Crippen LogP contribution in [0.15, 0.2) is 69.6 Å². The van der Waals surface area contributed by atoms with E-state index in [9.17, 15) is 0 Å². The predicted molar refractivity (Wildman–Crippen MR) is 115 cm³/mol. The number of rotatable bonds is 2. The van der Waals surface area contributed by atoms with Gasteiger partial charge in [-0.1, -0.05) is 56.1 Å². The summed E-state index contributed by atoms with van der Waals surface area (Å²) in [6, 6.07) is 20.7. The van der Waals surface area contributed by atoms with Gasteiger partial charge in [-0.2, -0.15) is 0 Å². The van der Waals surface area contributed by atoms with Crippen LogP contribution in [0.4, 0.5) is 0 Å². The minimum Gasteiger partial charge on any atom is -0.244 e. The largest absolute Gasteiger partial charge is 0.244 e. The smallest absolute Gasteiger partial charge is 0.0973 e. The van der Waals surface area contributed by atoms with E-state index in [1.165, 1.54) is 11.1 Å². The molecule has 0 fully saturated rings. The maximum absolute atomic E-state index is 4.99. The minimum absolute atomic E-state index is 0.899. The van der Waals surface area contributed by atoms with E-state index in [0.29, 0.717) is 0 Å². The molecule has 26 heavy (non-hydrogen) atoms. The number of nitrogens with zero attached hydrogens (tertiary/aromatic N) is 2. The summed E-state index contributed by atoms with van der Waals surface area (Å²) in [5, 5.41) is 0. The number of halogens is 2. The number of hydrogen-bond acceptors (Lipinski definition) is 2. The Hall–Kier alpha value is -2.04. The van der Waals surface area contributed by atoms with Crippen LogP contribution in [-0.4, -0.2) is 9.97 Å². The van der Waals surface area contributed by atoms with Gasteiger partial charge in [0, 0.05) is 20.1 Å². The quantitative estimate of drug-likeness (QED) is 0.314. The molecule has 0 radical (unpaired) electrons. The molecule has 1 aromatic heterocycles. The zero-order valence-corrected chi connectivity index (χ0v) is 17.6. The van der Waals surface area contributed by atoms with Crippen molar-refractivity contribution in [3.05, 3.63) is 80.7 Å². The Bertz CT molecular complexity index is 1010. The average molecular weight is 468 g/mol. The van der Waals surface area contributed by atoms with Gasteiger partial charge in [0.25, 0.3) is 0 Å². The Morgan fingerprint density at radius 1 is 0.577 bits per heavy atom. The summed E-state index contributed by atoms with van der Waals surface area (Å²) in [5.74, 6) is 0. The molecular formula is C22H16Br2N2. The van der Waals surface area contributed by atoms with Crippen molar-refractivity contribution in [1.82, 2.24) is 9.97 Å². The Morgan fingerprint density at radius 3 is 1.27 bits per heavy atom. The molecule has 3 aromatic carbocycles. The van der Waals surface area contributed by atoms with Crippen LogP contribution in [-0.2, 0) is 0 Å². The highest BCUT2D eigenvalue weighted by Gasteiger charge is 2.14. The second kappa shape index (κ2) is 6.93. The highest BCUT2D eigenvalue weighted by atomic mass is 79.9. The zero-order valence-electron chi connectivity index (χ0n) is 14.4. The highest BCUT2D eigenvalue weighted by Crippen LogP contribution is 2.32. The van der Waals surface area contributed by atoms with Gasteiger partial charge in [0.1, 0.15) is 0 Å². The first-order valence-electron chi connectivity index (χ1n) is 8.32. The van der Waals surface area contributed by atoms with Crippen LogP contribution < -0.4 is 0 Å². The van der Waals surface area contributed by atoms with Gasteiger partial charge in [-0.3, -0.25) is 0 Å². The summed E-state index contributed by atoms with van der Waals surface area (Å²) in [5.41, 5.74) is 8.21. The van der Waals surface area contributed by atoms with E-state index in [2.05, 4.69) is 82.1 Å². The molecule has 0 atom stereocenters. The van der Waals surface area contributed by atoms with Crippen molar-refractivity contribution in [3.63, 3.8) is 0 Å². The molecule has 0 amide bonds. The minimum atomic E-state index is 0.899. The van der Waals surface area contributed by atoms with Gasteiger partial charge < -0.3 is 0 Å². The third-order valence-electron chi connectivity index (χ3n) is 4.52. The standard InChI is InChI=1S/C22H16Br2N2/c1-13-11-19-20(12-14(13)2)26-22(16-5-9-18(24)10-6-16)21(25-19)15-3-7-17(23)8-4-15/h3-12H,1-2H3. The molecule has 4 rings (SSSR count). The fourth-order valence-electron chi connectivity index (χ4n) is 2.93. The van der Waals surface area contributed by atoms with Gasteiger partial charge in [-0.15, -0.1) is 0 Å². The molecule has 0 aliphatic carbocycles. The molecule has 0 aliphatic rings. The van der Waals surface area contributed by atoms with Gasteiger partial charge in [0.15, 0.2) is 0 Å². The first-order valence-corrected chi connectivity index (χ1v) is 9.91. The van der Waals surface area contributed by atoms with E-state index >= 15 is 0 Å². The summed E-state index contributed by atoms with van der Waals surface area (Å²) < 4.78 is 2.10. The Kier molecular flexibility index (Phi) is 4.63. The molecule has 4 heteroatoms. The molecule has 1 heterocycles. The van der Waals surface area contributed by atoms with E-state index in [4.69, 9.17) is 9.97 Å². The lowest BCUT2D eigenvalue weighted by atomic mass is 10.0. The topological polar surface area (TPSA) is 25.8 Å². The van der Waals surface area contributed by atoms with Gasteiger partial charge >= 0.3 is 0 Å². The number of aromatic nitrogens is 2. The van der Waals surface area contributed by atoms with Gasteiger partial charge in [0.05, 0.1) is 22.4 Å². The van der Waals surface area contributed by atoms with E-state index in [1.54, 1.807) is 0 Å². The maximum Gasteiger partial charge on any atom is 0.0973 e. The molecule has 0 unspecified atom stereocenters. The molecule has 0 N–H and O–H groups in total. The van der Waals surface area contributed by atoms with Crippen molar-refractivity contribution in [2.24, 2.45) is 0 Å². The molecule has 4 aromatic rings. The van der Waals surface area contributed by atoms with Gasteiger partial charge in [0.2, 0.25) is 0 Å². The monoisotopic (exact) mass is 466 g/mol. The molecule has 0 saturated heterocycles. The van der Waals surface area contributed by atoms with E-state index in [1.807, 2.05) is 24.3 Å². The summed E-state index contributed by atoms with van der Waals surface area (Å²) in [7, 11) is 0.